The maximum absolute atomic E-state index is 12.2. The molecule has 7 nitrogen and oxygen atoms in total. The second-order valence-corrected chi connectivity index (χ2v) is 13.3. The van der Waals surface area contributed by atoms with Gasteiger partial charge in [-0.3, -0.25) is 14.3 Å². The third-order valence-electron chi connectivity index (χ3n) is 5.55. The molecule has 0 unspecified atom stereocenters. The predicted octanol–water partition coefficient (Wildman–Crippen LogP) is 1.92. The fourth-order valence-corrected chi connectivity index (χ4v) is 4.22. The first-order chi connectivity index (χ1) is 11.5. The summed E-state index contributed by atoms with van der Waals surface area (Å²) in [4.78, 5) is 26.1. The molecule has 4 atom stereocenters. The zero-order chi connectivity index (χ0) is 18.6. The lowest BCUT2D eigenvalue weighted by Crippen LogP contribution is -2.46. The van der Waals surface area contributed by atoms with E-state index in [1.807, 2.05) is 0 Å². The van der Waals surface area contributed by atoms with Gasteiger partial charge in [0.2, 0.25) is 0 Å². The molecule has 0 aromatic carbocycles. The zero-order valence-corrected chi connectivity index (χ0v) is 16.8. The monoisotopic (exact) mass is 368 g/mol. The number of aromatic nitrogens is 2. The van der Waals surface area contributed by atoms with E-state index < -0.39 is 20.2 Å². The lowest BCUT2D eigenvalue weighted by atomic mass is 10.1. The molecule has 2 fully saturated rings. The number of rotatable bonds is 4. The standard InChI is InChI=1S/C17H28N2O5Si/c1-10-8-19(16(21)18-15(10)20)13-7-11(14(23-13)12-9-22-12)24-25(5,6)17(2,3)4/h8,11-14H,7,9H2,1-6H3,(H,18,20,21)/t11-,12+,13+,14-/m0/s1. The summed E-state index contributed by atoms with van der Waals surface area (Å²) in [6, 6.07) is 0. The topological polar surface area (TPSA) is 85.8 Å². The first-order valence-electron chi connectivity index (χ1n) is 8.76. The number of nitrogens with zero attached hydrogens (tertiary/aromatic N) is 1. The number of aryl methyl sites for hydroxylation is 1. The minimum Gasteiger partial charge on any atom is -0.411 e. The van der Waals surface area contributed by atoms with Gasteiger partial charge < -0.3 is 13.9 Å². The summed E-state index contributed by atoms with van der Waals surface area (Å²) in [6.45, 7) is 13.4. The van der Waals surface area contributed by atoms with Gasteiger partial charge in [0.15, 0.2) is 8.32 Å². The van der Waals surface area contributed by atoms with Crippen LogP contribution in [0.2, 0.25) is 18.1 Å². The largest absolute Gasteiger partial charge is 0.411 e. The lowest BCUT2D eigenvalue weighted by Gasteiger charge is -2.39. The van der Waals surface area contributed by atoms with Crippen LogP contribution in [0.25, 0.3) is 0 Å². The van der Waals surface area contributed by atoms with E-state index >= 15 is 0 Å². The average Bonchev–Trinajstić information content (AvgIpc) is 3.23. The molecule has 2 aliphatic heterocycles. The summed E-state index contributed by atoms with van der Waals surface area (Å²) in [5.74, 6) is 0. The Hall–Kier alpha value is -1.22. The molecule has 0 saturated carbocycles. The minimum absolute atomic E-state index is 0.0272. The van der Waals surface area contributed by atoms with Crippen LogP contribution in [0.15, 0.2) is 15.8 Å². The van der Waals surface area contributed by atoms with E-state index in [2.05, 4.69) is 38.8 Å². The van der Waals surface area contributed by atoms with Crippen molar-refractivity contribution >= 4 is 8.32 Å². The van der Waals surface area contributed by atoms with Gasteiger partial charge in [-0.2, -0.15) is 0 Å². The third kappa shape index (κ3) is 3.67. The minimum atomic E-state index is -1.97. The summed E-state index contributed by atoms with van der Waals surface area (Å²) in [6.07, 6.45) is 1.41. The van der Waals surface area contributed by atoms with Gasteiger partial charge in [0.1, 0.15) is 18.4 Å². The van der Waals surface area contributed by atoms with Crippen molar-refractivity contribution in [3.05, 3.63) is 32.6 Å². The normalized spacial score (nSPS) is 29.8. The molecule has 1 aromatic heterocycles. The van der Waals surface area contributed by atoms with Gasteiger partial charge in [0, 0.05) is 18.2 Å². The first kappa shape index (κ1) is 18.6. The number of H-pyrrole nitrogens is 1. The highest BCUT2D eigenvalue weighted by Crippen LogP contribution is 2.42. The van der Waals surface area contributed by atoms with E-state index in [1.54, 1.807) is 13.1 Å². The smallest absolute Gasteiger partial charge is 0.330 e. The van der Waals surface area contributed by atoms with Crippen LogP contribution in [0.3, 0.4) is 0 Å². The molecule has 3 heterocycles. The Morgan fingerprint density at radius 2 is 1.96 bits per heavy atom. The second kappa shape index (κ2) is 6.19. The molecular weight excluding hydrogens is 340 g/mol. The van der Waals surface area contributed by atoms with E-state index in [1.165, 1.54) is 4.57 Å². The van der Waals surface area contributed by atoms with Crippen LogP contribution in [-0.2, 0) is 13.9 Å². The SMILES string of the molecule is Cc1cn([C@H]2C[C@H](O[Si](C)(C)C(C)(C)C)[C@@H]([C@H]3CO3)O2)c(=O)[nH]c1=O. The van der Waals surface area contributed by atoms with Crippen LogP contribution >= 0.6 is 0 Å². The number of nitrogens with one attached hydrogen (secondary N) is 1. The predicted molar refractivity (Wildman–Crippen MR) is 96.4 cm³/mol. The number of hydrogen-bond acceptors (Lipinski definition) is 5. The maximum Gasteiger partial charge on any atom is 0.330 e. The summed E-state index contributed by atoms with van der Waals surface area (Å²) in [5.41, 5.74) is -0.337. The molecule has 2 aliphatic rings. The van der Waals surface area contributed by atoms with Crippen LogP contribution in [-0.4, -0.2) is 42.8 Å². The van der Waals surface area contributed by atoms with Crippen molar-refractivity contribution in [3.63, 3.8) is 0 Å². The molecule has 1 N–H and O–H groups in total. The van der Waals surface area contributed by atoms with Crippen molar-refractivity contribution in [2.24, 2.45) is 0 Å². The van der Waals surface area contributed by atoms with Gasteiger partial charge in [-0.05, 0) is 25.1 Å². The van der Waals surface area contributed by atoms with E-state index in [0.717, 1.165) is 0 Å². The molecule has 1 aromatic rings. The van der Waals surface area contributed by atoms with Gasteiger partial charge in [-0.1, -0.05) is 20.8 Å². The molecule has 140 valence electrons. The fraction of sp³-hybridized carbons (Fsp3) is 0.765. The van der Waals surface area contributed by atoms with Crippen LogP contribution < -0.4 is 11.2 Å². The molecule has 0 spiro atoms. The molecule has 0 radical (unpaired) electrons. The Bertz CT molecular complexity index is 760. The number of ether oxygens (including phenoxy) is 2. The van der Waals surface area contributed by atoms with Gasteiger partial charge in [0.05, 0.1) is 12.7 Å². The van der Waals surface area contributed by atoms with Crippen molar-refractivity contribution < 1.29 is 13.9 Å². The number of aromatic amines is 1. The highest BCUT2D eigenvalue weighted by atomic mass is 28.4. The van der Waals surface area contributed by atoms with Crippen LogP contribution in [0.5, 0.6) is 0 Å². The molecule has 3 rings (SSSR count). The highest BCUT2D eigenvalue weighted by molar-refractivity contribution is 6.74. The molecule has 2 saturated heterocycles. The summed E-state index contributed by atoms with van der Waals surface area (Å²) in [5, 5.41) is 0.0887. The maximum atomic E-state index is 12.2. The van der Waals surface area contributed by atoms with Crippen molar-refractivity contribution in [1.82, 2.24) is 9.55 Å². The Morgan fingerprint density at radius 1 is 1.32 bits per heavy atom. The van der Waals surface area contributed by atoms with Crippen LogP contribution in [0.1, 0.15) is 39.0 Å². The van der Waals surface area contributed by atoms with E-state index in [9.17, 15) is 9.59 Å². The van der Waals surface area contributed by atoms with Crippen molar-refractivity contribution in [3.8, 4) is 0 Å². The van der Waals surface area contributed by atoms with Gasteiger partial charge in [0.25, 0.3) is 5.56 Å². The second-order valence-electron chi connectivity index (χ2n) is 8.56. The van der Waals surface area contributed by atoms with E-state index in [-0.39, 0.29) is 28.9 Å². The highest BCUT2D eigenvalue weighted by Gasteiger charge is 2.50. The molecule has 0 bridgehead atoms. The molecule has 8 heteroatoms. The quantitative estimate of drug-likeness (QED) is 0.648. The zero-order valence-electron chi connectivity index (χ0n) is 15.8. The number of epoxide rings is 1. The first-order valence-corrected chi connectivity index (χ1v) is 11.7. The number of hydrogen-bond donors (Lipinski definition) is 1. The van der Waals surface area contributed by atoms with E-state index in [4.69, 9.17) is 13.9 Å². The third-order valence-corrected chi connectivity index (χ3v) is 10.1. The summed E-state index contributed by atoms with van der Waals surface area (Å²) < 4.78 is 19.6. The molecule has 0 amide bonds. The van der Waals surface area contributed by atoms with Crippen LogP contribution in [0, 0.1) is 6.92 Å². The summed E-state index contributed by atoms with van der Waals surface area (Å²) in [7, 11) is -1.97. The molecule has 25 heavy (non-hydrogen) atoms. The Labute approximate surface area is 148 Å². The average molecular weight is 369 g/mol. The summed E-state index contributed by atoms with van der Waals surface area (Å²) >= 11 is 0. The lowest BCUT2D eigenvalue weighted by molar-refractivity contribution is -0.0312. The van der Waals surface area contributed by atoms with Crippen molar-refractivity contribution in [2.45, 2.75) is 76.8 Å². The Morgan fingerprint density at radius 3 is 2.52 bits per heavy atom. The Kier molecular flexibility index (Phi) is 4.60. The fourth-order valence-electron chi connectivity index (χ4n) is 2.88. The van der Waals surface area contributed by atoms with Gasteiger partial charge >= 0.3 is 5.69 Å². The van der Waals surface area contributed by atoms with Gasteiger partial charge in [-0.15, -0.1) is 0 Å². The molecule has 0 aliphatic carbocycles. The van der Waals surface area contributed by atoms with Crippen molar-refractivity contribution in [1.29, 1.82) is 0 Å². The Balaban J connectivity index is 1.85. The van der Waals surface area contributed by atoms with Crippen molar-refractivity contribution in [2.75, 3.05) is 6.61 Å². The van der Waals surface area contributed by atoms with E-state index in [0.29, 0.717) is 18.6 Å². The van der Waals surface area contributed by atoms with Crippen LogP contribution in [0.4, 0.5) is 0 Å². The molecular formula is C17H28N2O5Si. The van der Waals surface area contributed by atoms with Gasteiger partial charge in [-0.25, -0.2) is 4.79 Å².